The SMILES string of the molecule is COCCN1C(=O)C2(SCCN2C(=O)c2ccc(Cl)cc2)c2ccccc21. The van der Waals surface area contributed by atoms with Gasteiger partial charge < -0.3 is 14.5 Å². The minimum atomic E-state index is -1.01. The molecule has 5 nitrogen and oxygen atoms in total. The molecule has 7 heteroatoms. The average molecular weight is 403 g/mol. The highest BCUT2D eigenvalue weighted by atomic mass is 35.5. The van der Waals surface area contributed by atoms with Crippen LogP contribution in [-0.2, 0) is 14.4 Å². The molecule has 1 spiro atoms. The van der Waals surface area contributed by atoms with Gasteiger partial charge in [-0.3, -0.25) is 9.59 Å². The zero-order valence-electron chi connectivity index (χ0n) is 14.9. The molecule has 0 aromatic heterocycles. The number of thioether (sulfide) groups is 1. The van der Waals surface area contributed by atoms with Crippen LogP contribution in [0.1, 0.15) is 15.9 Å². The lowest BCUT2D eigenvalue weighted by Gasteiger charge is -2.33. The molecule has 2 amide bonds. The summed E-state index contributed by atoms with van der Waals surface area (Å²) in [7, 11) is 1.61. The number of fused-ring (bicyclic) bond motifs is 2. The average Bonchev–Trinajstić information content (AvgIpc) is 3.23. The van der Waals surface area contributed by atoms with Gasteiger partial charge in [-0.05, 0) is 30.3 Å². The Morgan fingerprint density at radius 2 is 1.96 bits per heavy atom. The van der Waals surface area contributed by atoms with E-state index < -0.39 is 4.87 Å². The van der Waals surface area contributed by atoms with Crippen molar-refractivity contribution in [3.05, 3.63) is 64.7 Å². The highest BCUT2D eigenvalue weighted by Crippen LogP contribution is 2.54. The number of halogens is 1. The van der Waals surface area contributed by atoms with Gasteiger partial charge in [0.05, 0.1) is 12.3 Å². The molecule has 1 fully saturated rings. The van der Waals surface area contributed by atoms with Crippen LogP contribution in [0.2, 0.25) is 5.02 Å². The third-order valence-corrected chi connectivity index (χ3v) is 6.63. The Morgan fingerprint density at radius 1 is 1.22 bits per heavy atom. The zero-order valence-corrected chi connectivity index (χ0v) is 16.4. The molecule has 2 aliphatic heterocycles. The van der Waals surface area contributed by atoms with Gasteiger partial charge in [0, 0.05) is 42.1 Å². The van der Waals surface area contributed by atoms with Crippen molar-refractivity contribution in [2.24, 2.45) is 0 Å². The number of amides is 2. The molecule has 1 saturated heterocycles. The van der Waals surface area contributed by atoms with Crippen molar-refractivity contribution >= 4 is 40.9 Å². The van der Waals surface area contributed by atoms with Crippen LogP contribution in [0.3, 0.4) is 0 Å². The number of methoxy groups -OCH3 is 1. The zero-order chi connectivity index (χ0) is 19.0. The standard InChI is InChI=1S/C20H19ClN2O3S/c1-26-12-10-22-17-5-3-2-4-16(17)20(19(22)25)23(11-13-27-20)18(24)14-6-8-15(21)9-7-14/h2-9H,10-13H2,1H3. The molecule has 0 bridgehead atoms. The highest BCUT2D eigenvalue weighted by molar-refractivity contribution is 8.01. The Hall–Kier alpha value is -2.02. The number of hydrogen-bond donors (Lipinski definition) is 0. The summed E-state index contributed by atoms with van der Waals surface area (Å²) >= 11 is 7.47. The van der Waals surface area contributed by atoms with Crippen LogP contribution in [0.25, 0.3) is 0 Å². The molecule has 1 unspecified atom stereocenters. The van der Waals surface area contributed by atoms with E-state index in [0.29, 0.717) is 36.0 Å². The number of nitrogens with zero attached hydrogens (tertiary/aromatic N) is 2. The fourth-order valence-electron chi connectivity index (χ4n) is 3.72. The minimum absolute atomic E-state index is 0.0782. The Kier molecular flexibility index (Phi) is 4.88. The van der Waals surface area contributed by atoms with Crippen LogP contribution < -0.4 is 4.90 Å². The molecule has 4 rings (SSSR count). The fraction of sp³-hybridized carbons (Fsp3) is 0.300. The van der Waals surface area contributed by atoms with Crippen LogP contribution in [-0.4, -0.2) is 49.3 Å². The first kappa shape index (κ1) is 18.3. The Labute approximate surface area is 167 Å². The largest absolute Gasteiger partial charge is 0.383 e. The summed E-state index contributed by atoms with van der Waals surface area (Å²) in [6, 6.07) is 14.5. The first-order valence-corrected chi connectivity index (χ1v) is 10.1. The van der Waals surface area contributed by atoms with Crippen molar-refractivity contribution in [2.75, 3.05) is 37.5 Å². The number of rotatable bonds is 4. The Balaban J connectivity index is 1.77. The lowest BCUT2D eigenvalue weighted by atomic mass is 10.0. The molecular weight excluding hydrogens is 384 g/mol. The van der Waals surface area contributed by atoms with Crippen molar-refractivity contribution in [1.29, 1.82) is 0 Å². The number of anilines is 1. The van der Waals surface area contributed by atoms with Gasteiger partial charge >= 0.3 is 0 Å². The summed E-state index contributed by atoms with van der Waals surface area (Å²) in [5.41, 5.74) is 2.25. The summed E-state index contributed by atoms with van der Waals surface area (Å²) in [4.78, 5) is 29.2. The number of carbonyl (C=O) groups excluding carboxylic acids is 2. The first-order valence-electron chi connectivity index (χ1n) is 8.71. The molecule has 1 atom stereocenters. The van der Waals surface area contributed by atoms with E-state index in [1.807, 2.05) is 24.3 Å². The molecule has 0 N–H and O–H groups in total. The second-order valence-corrected chi connectivity index (χ2v) is 8.15. The second-order valence-electron chi connectivity index (χ2n) is 6.42. The van der Waals surface area contributed by atoms with Gasteiger partial charge in [-0.2, -0.15) is 0 Å². The van der Waals surface area contributed by atoms with Crippen LogP contribution >= 0.6 is 23.4 Å². The van der Waals surface area contributed by atoms with E-state index in [2.05, 4.69) is 0 Å². The Morgan fingerprint density at radius 3 is 2.70 bits per heavy atom. The highest BCUT2D eigenvalue weighted by Gasteiger charge is 2.59. The second kappa shape index (κ2) is 7.19. The van der Waals surface area contributed by atoms with Gasteiger partial charge in [0.1, 0.15) is 0 Å². The minimum Gasteiger partial charge on any atom is -0.383 e. The molecule has 2 aromatic rings. The maximum Gasteiger partial charge on any atom is 0.268 e. The van der Waals surface area contributed by atoms with E-state index in [0.717, 1.165) is 11.3 Å². The molecule has 27 heavy (non-hydrogen) atoms. The van der Waals surface area contributed by atoms with E-state index >= 15 is 0 Å². The number of benzene rings is 2. The fourth-order valence-corrected chi connectivity index (χ4v) is 5.31. The summed E-state index contributed by atoms with van der Waals surface area (Å²) in [6.45, 7) is 1.41. The molecule has 0 radical (unpaired) electrons. The van der Waals surface area contributed by atoms with Crippen molar-refractivity contribution in [1.82, 2.24) is 4.90 Å². The summed E-state index contributed by atoms with van der Waals surface area (Å²) in [5, 5.41) is 0.574. The Bertz CT molecular complexity index is 889. The van der Waals surface area contributed by atoms with E-state index in [9.17, 15) is 9.59 Å². The molecule has 0 aliphatic carbocycles. The van der Waals surface area contributed by atoms with Gasteiger partial charge in [-0.15, -0.1) is 11.8 Å². The predicted molar refractivity (Wildman–Crippen MR) is 107 cm³/mol. The quantitative estimate of drug-likeness (QED) is 0.786. The lowest BCUT2D eigenvalue weighted by molar-refractivity contribution is -0.123. The van der Waals surface area contributed by atoms with E-state index in [-0.39, 0.29) is 11.8 Å². The maximum absolute atomic E-state index is 13.5. The molecule has 2 aromatic carbocycles. The smallest absolute Gasteiger partial charge is 0.268 e. The van der Waals surface area contributed by atoms with E-state index in [1.165, 1.54) is 11.8 Å². The van der Waals surface area contributed by atoms with Crippen LogP contribution in [0.15, 0.2) is 48.5 Å². The maximum atomic E-state index is 13.5. The van der Waals surface area contributed by atoms with E-state index in [4.69, 9.17) is 16.3 Å². The molecule has 2 heterocycles. The molecule has 140 valence electrons. The van der Waals surface area contributed by atoms with Gasteiger partial charge in [-0.25, -0.2) is 0 Å². The normalized spacial score (nSPS) is 21.2. The molecule has 0 saturated carbocycles. The van der Waals surface area contributed by atoms with Crippen LogP contribution in [0, 0.1) is 0 Å². The lowest BCUT2D eigenvalue weighted by Crippen LogP contribution is -2.50. The van der Waals surface area contributed by atoms with E-state index in [1.54, 1.807) is 41.2 Å². The van der Waals surface area contributed by atoms with Crippen molar-refractivity contribution in [2.45, 2.75) is 4.87 Å². The monoisotopic (exact) mass is 402 g/mol. The molecule has 2 aliphatic rings. The summed E-state index contributed by atoms with van der Waals surface area (Å²) in [6.07, 6.45) is 0. The third-order valence-electron chi connectivity index (χ3n) is 4.96. The number of hydrogen-bond acceptors (Lipinski definition) is 4. The van der Waals surface area contributed by atoms with Gasteiger partial charge in [0.15, 0.2) is 4.87 Å². The number of carbonyl (C=O) groups is 2. The van der Waals surface area contributed by atoms with Crippen molar-refractivity contribution < 1.29 is 14.3 Å². The third kappa shape index (κ3) is 2.83. The topological polar surface area (TPSA) is 49.9 Å². The van der Waals surface area contributed by atoms with Crippen molar-refractivity contribution in [3.8, 4) is 0 Å². The van der Waals surface area contributed by atoms with Crippen LogP contribution in [0.4, 0.5) is 5.69 Å². The first-order chi connectivity index (χ1) is 13.1. The van der Waals surface area contributed by atoms with Crippen molar-refractivity contribution in [3.63, 3.8) is 0 Å². The summed E-state index contributed by atoms with van der Waals surface area (Å²) < 4.78 is 5.18. The van der Waals surface area contributed by atoms with Gasteiger partial charge in [0.25, 0.3) is 11.8 Å². The van der Waals surface area contributed by atoms with Gasteiger partial charge in [-0.1, -0.05) is 29.8 Å². The number of para-hydroxylation sites is 1. The predicted octanol–water partition coefficient (Wildman–Crippen LogP) is 3.38. The summed E-state index contributed by atoms with van der Waals surface area (Å²) in [5.74, 6) is 0.469. The van der Waals surface area contributed by atoms with Crippen LogP contribution in [0.5, 0.6) is 0 Å². The number of ether oxygens (including phenoxy) is 1. The van der Waals surface area contributed by atoms with Gasteiger partial charge in [0.2, 0.25) is 0 Å². The molecular formula is C20H19ClN2O3S.